The molecule has 0 atom stereocenters. The van der Waals surface area contributed by atoms with Gasteiger partial charge in [-0.1, -0.05) is 0 Å². The maximum atomic E-state index is 13.5. The summed E-state index contributed by atoms with van der Waals surface area (Å²) in [5.74, 6) is -1.69. The number of piperazine rings is 1. The fraction of sp³-hybridized carbons (Fsp3) is 0.462. The first-order valence-electron chi connectivity index (χ1n) is 6.15. The van der Waals surface area contributed by atoms with E-state index in [2.05, 4.69) is 0 Å². The third-order valence-corrected chi connectivity index (χ3v) is 3.23. The molecule has 0 spiro atoms. The molecule has 1 N–H and O–H groups in total. The number of hydrogen-bond acceptors (Lipinski definition) is 3. The number of hydrogen-bond donors (Lipinski definition) is 1. The average molecular weight is 270 g/mol. The lowest BCUT2D eigenvalue weighted by Gasteiger charge is -2.33. The van der Waals surface area contributed by atoms with Gasteiger partial charge in [0.15, 0.2) is 0 Å². The number of carbonyl (C=O) groups is 1. The number of aliphatic carboxylic acids is 1. The quantitative estimate of drug-likeness (QED) is 0.892. The van der Waals surface area contributed by atoms with Crippen molar-refractivity contribution in [3.05, 3.63) is 35.4 Å². The first-order valence-corrected chi connectivity index (χ1v) is 6.15. The Hall–Kier alpha value is -1.53. The zero-order chi connectivity index (χ0) is 13.8. The van der Waals surface area contributed by atoms with Crippen LogP contribution in [0.25, 0.3) is 0 Å². The monoisotopic (exact) mass is 270 g/mol. The Morgan fingerprint density at radius 3 is 2.42 bits per heavy atom. The molecule has 0 aromatic heterocycles. The van der Waals surface area contributed by atoms with E-state index in [1.807, 2.05) is 9.80 Å². The van der Waals surface area contributed by atoms with Gasteiger partial charge in [0, 0.05) is 38.3 Å². The Morgan fingerprint density at radius 1 is 1.16 bits per heavy atom. The lowest BCUT2D eigenvalue weighted by atomic mass is 10.1. The van der Waals surface area contributed by atoms with E-state index < -0.39 is 17.6 Å². The molecule has 1 aliphatic heterocycles. The predicted molar refractivity (Wildman–Crippen MR) is 65.7 cm³/mol. The number of nitrogens with zero attached hydrogens (tertiary/aromatic N) is 2. The molecule has 0 saturated carbocycles. The van der Waals surface area contributed by atoms with E-state index in [0.717, 1.165) is 12.1 Å². The van der Waals surface area contributed by atoms with Crippen molar-refractivity contribution in [1.29, 1.82) is 0 Å². The molecular formula is C13H16F2N2O2. The molecule has 1 saturated heterocycles. The highest BCUT2D eigenvalue weighted by atomic mass is 19.1. The second kappa shape index (κ2) is 6.08. The highest BCUT2D eigenvalue weighted by molar-refractivity contribution is 5.69. The van der Waals surface area contributed by atoms with Gasteiger partial charge in [0.1, 0.15) is 11.6 Å². The van der Waals surface area contributed by atoms with Crippen LogP contribution in [0.2, 0.25) is 0 Å². The number of halogens is 2. The molecule has 6 heteroatoms. The van der Waals surface area contributed by atoms with E-state index in [-0.39, 0.29) is 6.54 Å². The SMILES string of the molecule is O=C(O)CN1CCN(Cc2cc(F)ccc2F)CC1. The van der Waals surface area contributed by atoms with Crippen LogP contribution in [0.4, 0.5) is 8.78 Å². The summed E-state index contributed by atoms with van der Waals surface area (Å²) >= 11 is 0. The molecule has 4 nitrogen and oxygen atoms in total. The van der Waals surface area contributed by atoms with Gasteiger partial charge >= 0.3 is 5.97 Å². The third-order valence-electron chi connectivity index (χ3n) is 3.23. The molecule has 0 bridgehead atoms. The van der Waals surface area contributed by atoms with Crippen LogP contribution in [0.3, 0.4) is 0 Å². The summed E-state index contributed by atoms with van der Waals surface area (Å²) in [4.78, 5) is 14.4. The fourth-order valence-electron chi connectivity index (χ4n) is 2.20. The minimum atomic E-state index is -0.843. The maximum Gasteiger partial charge on any atom is 0.317 e. The van der Waals surface area contributed by atoms with Crippen LogP contribution in [-0.4, -0.2) is 53.6 Å². The molecule has 0 radical (unpaired) electrons. The molecule has 2 rings (SSSR count). The molecule has 19 heavy (non-hydrogen) atoms. The largest absolute Gasteiger partial charge is 0.480 e. The minimum absolute atomic E-state index is 0.0299. The van der Waals surface area contributed by atoms with Crippen molar-refractivity contribution in [3.63, 3.8) is 0 Å². The summed E-state index contributed by atoms with van der Waals surface area (Å²) in [5.41, 5.74) is 0.340. The van der Waals surface area contributed by atoms with E-state index in [9.17, 15) is 13.6 Å². The zero-order valence-corrected chi connectivity index (χ0v) is 10.5. The molecule has 0 unspecified atom stereocenters. The summed E-state index contributed by atoms with van der Waals surface area (Å²) in [5, 5.41) is 8.69. The minimum Gasteiger partial charge on any atom is -0.480 e. The highest BCUT2D eigenvalue weighted by Gasteiger charge is 2.19. The van der Waals surface area contributed by atoms with Gasteiger partial charge in [0.05, 0.1) is 6.54 Å². The molecule has 1 fully saturated rings. The summed E-state index contributed by atoms with van der Waals surface area (Å²) in [6, 6.07) is 3.44. The van der Waals surface area contributed by atoms with Crippen molar-refractivity contribution in [3.8, 4) is 0 Å². The normalized spacial score (nSPS) is 17.6. The fourth-order valence-corrected chi connectivity index (χ4v) is 2.20. The van der Waals surface area contributed by atoms with Crippen molar-refractivity contribution < 1.29 is 18.7 Å². The number of benzene rings is 1. The van der Waals surface area contributed by atoms with Crippen LogP contribution in [0.1, 0.15) is 5.56 Å². The first-order chi connectivity index (χ1) is 9.04. The summed E-state index contributed by atoms with van der Waals surface area (Å²) in [6.07, 6.45) is 0. The van der Waals surface area contributed by atoms with Crippen molar-refractivity contribution in [2.45, 2.75) is 6.54 Å². The lowest BCUT2D eigenvalue weighted by Crippen LogP contribution is -2.47. The summed E-state index contributed by atoms with van der Waals surface area (Å²) < 4.78 is 26.5. The summed E-state index contributed by atoms with van der Waals surface area (Å²) in [6.45, 7) is 2.95. The van der Waals surface area contributed by atoms with Gasteiger partial charge in [-0.3, -0.25) is 14.6 Å². The van der Waals surface area contributed by atoms with E-state index in [1.165, 1.54) is 6.07 Å². The van der Waals surface area contributed by atoms with Crippen LogP contribution in [0.5, 0.6) is 0 Å². The van der Waals surface area contributed by atoms with Gasteiger partial charge in [-0.05, 0) is 18.2 Å². The molecule has 1 heterocycles. The van der Waals surface area contributed by atoms with E-state index in [4.69, 9.17) is 5.11 Å². The lowest BCUT2D eigenvalue weighted by molar-refractivity contribution is -0.138. The molecule has 1 aliphatic rings. The second-order valence-electron chi connectivity index (χ2n) is 4.68. The second-order valence-corrected chi connectivity index (χ2v) is 4.68. The maximum absolute atomic E-state index is 13.5. The Morgan fingerprint density at radius 2 is 1.79 bits per heavy atom. The Balaban J connectivity index is 1.88. The van der Waals surface area contributed by atoms with Crippen LogP contribution in [0.15, 0.2) is 18.2 Å². The van der Waals surface area contributed by atoms with Crippen LogP contribution in [0, 0.1) is 11.6 Å². The van der Waals surface area contributed by atoms with Crippen LogP contribution >= 0.6 is 0 Å². The topological polar surface area (TPSA) is 43.8 Å². The van der Waals surface area contributed by atoms with E-state index in [0.29, 0.717) is 38.3 Å². The summed E-state index contributed by atoms with van der Waals surface area (Å²) in [7, 11) is 0. The highest BCUT2D eigenvalue weighted by Crippen LogP contribution is 2.13. The van der Waals surface area contributed by atoms with Gasteiger partial charge in [0.25, 0.3) is 0 Å². The predicted octanol–water partition coefficient (Wildman–Crippen LogP) is 1.17. The van der Waals surface area contributed by atoms with Crippen molar-refractivity contribution >= 4 is 5.97 Å². The Kier molecular flexibility index (Phi) is 4.44. The van der Waals surface area contributed by atoms with E-state index >= 15 is 0 Å². The first kappa shape index (κ1) is 13.9. The van der Waals surface area contributed by atoms with Crippen LogP contribution < -0.4 is 0 Å². The van der Waals surface area contributed by atoms with Crippen LogP contribution in [-0.2, 0) is 11.3 Å². The smallest absolute Gasteiger partial charge is 0.317 e. The molecular weight excluding hydrogens is 254 g/mol. The zero-order valence-electron chi connectivity index (χ0n) is 10.5. The van der Waals surface area contributed by atoms with E-state index in [1.54, 1.807) is 0 Å². The third kappa shape index (κ3) is 3.97. The average Bonchev–Trinajstić information content (AvgIpc) is 2.35. The van der Waals surface area contributed by atoms with Crippen molar-refractivity contribution in [2.24, 2.45) is 0 Å². The molecule has 0 aliphatic carbocycles. The van der Waals surface area contributed by atoms with Crippen molar-refractivity contribution in [2.75, 3.05) is 32.7 Å². The Labute approximate surface area is 110 Å². The van der Waals surface area contributed by atoms with Crippen molar-refractivity contribution in [1.82, 2.24) is 9.80 Å². The number of carboxylic acid groups (broad SMARTS) is 1. The molecule has 104 valence electrons. The Bertz CT molecular complexity index is 460. The molecule has 1 aromatic carbocycles. The molecule has 1 aromatic rings. The number of carboxylic acids is 1. The van der Waals surface area contributed by atoms with Gasteiger partial charge in [-0.2, -0.15) is 0 Å². The van der Waals surface area contributed by atoms with Gasteiger partial charge in [-0.15, -0.1) is 0 Å². The van der Waals surface area contributed by atoms with Gasteiger partial charge in [-0.25, -0.2) is 8.78 Å². The van der Waals surface area contributed by atoms with Gasteiger partial charge < -0.3 is 5.11 Å². The standard InChI is InChI=1S/C13H16F2N2O2/c14-11-1-2-12(15)10(7-11)8-16-3-5-17(6-4-16)9-13(18)19/h1-2,7H,3-6,8-9H2,(H,18,19). The van der Waals surface area contributed by atoms with Gasteiger partial charge in [0.2, 0.25) is 0 Å². The molecule has 0 amide bonds. The number of rotatable bonds is 4.